The van der Waals surface area contributed by atoms with E-state index < -0.39 is 46.9 Å². The number of aliphatic hydroxyl groups is 2. The summed E-state index contributed by atoms with van der Waals surface area (Å²) < 4.78 is 5.82. The molecule has 0 radical (unpaired) electrons. The topological polar surface area (TPSA) is 113 Å². The van der Waals surface area contributed by atoms with Crippen molar-refractivity contribution in [2.75, 3.05) is 0 Å². The molecule has 2 aliphatic carbocycles. The number of ether oxygens (including phenoxy) is 1. The van der Waals surface area contributed by atoms with Gasteiger partial charge in [-0.3, -0.25) is 14.4 Å². The highest BCUT2D eigenvalue weighted by Crippen LogP contribution is 2.57. The predicted molar refractivity (Wildman–Crippen MR) is 139 cm³/mol. The monoisotopic (exact) mass is 507 g/mol. The number of hydrogen-bond donors (Lipinski definition) is 3. The van der Waals surface area contributed by atoms with Crippen molar-refractivity contribution < 1.29 is 29.3 Å². The Morgan fingerprint density at radius 2 is 1.81 bits per heavy atom. The van der Waals surface area contributed by atoms with Gasteiger partial charge in [-0.25, -0.2) is 0 Å². The second kappa shape index (κ2) is 10.0. The van der Waals surface area contributed by atoms with E-state index in [-0.39, 0.29) is 17.7 Å². The highest BCUT2D eigenvalue weighted by Gasteiger charge is 2.67. The van der Waals surface area contributed by atoms with E-state index in [0.717, 1.165) is 16.7 Å². The normalized spacial score (nSPS) is 39.6. The molecule has 1 aromatic rings. The number of esters is 1. The average Bonchev–Trinajstić information content (AvgIpc) is 3.13. The summed E-state index contributed by atoms with van der Waals surface area (Å²) in [5.74, 6) is -2.92. The summed E-state index contributed by atoms with van der Waals surface area (Å²) in [7, 11) is 0. The summed E-state index contributed by atoms with van der Waals surface area (Å²) in [5, 5.41) is 25.7. The molecule has 1 heterocycles. The maximum Gasteiger partial charge on any atom is 0.303 e. The van der Waals surface area contributed by atoms with Crippen molar-refractivity contribution in [3.05, 3.63) is 71.3 Å². The average molecular weight is 508 g/mol. The van der Waals surface area contributed by atoms with E-state index >= 15 is 0 Å². The fourth-order valence-electron chi connectivity index (χ4n) is 6.54. The van der Waals surface area contributed by atoms with Gasteiger partial charge >= 0.3 is 5.97 Å². The van der Waals surface area contributed by atoms with E-state index in [1.54, 1.807) is 19.1 Å². The summed E-state index contributed by atoms with van der Waals surface area (Å²) in [6.07, 6.45) is 5.17. The summed E-state index contributed by atoms with van der Waals surface area (Å²) >= 11 is 0. The quantitative estimate of drug-likeness (QED) is 0.428. The van der Waals surface area contributed by atoms with Crippen molar-refractivity contribution >= 4 is 17.7 Å². The van der Waals surface area contributed by atoms with Gasteiger partial charge in [-0.2, -0.15) is 0 Å². The van der Waals surface area contributed by atoms with Crippen LogP contribution in [0.1, 0.15) is 46.6 Å². The van der Waals surface area contributed by atoms with Gasteiger partial charge in [0.05, 0.1) is 6.10 Å². The third-order valence-electron chi connectivity index (χ3n) is 8.49. The fraction of sp³-hybridized carbons (Fsp3) is 0.500. The summed E-state index contributed by atoms with van der Waals surface area (Å²) in [5.41, 5.74) is -0.500. The molecule has 198 valence electrons. The second-order valence-corrected chi connectivity index (χ2v) is 11.0. The van der Waals surface area contributed by atoms with Crippen LogP contribution in [0.25, 0.3) is 0 Å². The SMILES string of the molecule is CC(=O)O[C@H]1/C=C/[C@@](C)(O)C(=O)[C@H](C)C/C=C/[C@H]2[C@H](O)C(C)=C(C)C3[C@H](Cc4ccccc4)NC(=O)[C@@]312. The van der Waals surface area contributed by atoms with Gasteiger partial charge in [0.1, 0.15) is 17.1 Å². The molecular formula is C30H37NO6. The number of amides is 1. The van der Waals surface area contributed by atoms with E-state index in [1.807, 2.05) is 44.2 Å². The summed E-state index contributed by atoms with van der Waals surface area (Å²) in [4.78, 5) is 39.5. The van der Waals surface area contributed by atoms with Gasteiger partial charge in [0.2, 0.25) is 5.91 Å². The Bertz CT molecular complexity index is 1170. The third-order valence-corrected chi connectivity index (χ3v) is 8.49. The van der Waals surface area contributed by atoms with Crippen LogP contribution in [0.5, 0.6) is 0 Å². The van der Waals surface area contributed by atoms with Crippen LogP contribution in [-0.4, -0.2) is 51.7 Å². The zero-order chi connectivity index (χ0) is 27.1. The molecule has 1 fully saturated rings. The maximum absolute atomic E-state index is 14.2. The number of carbonyl (C=O) groups is 3. The van der Waals surface area contributed by atoms with E-state index in [1.165, 1.54) is 26.0 Å². The van der Waals surface area contributed by atoms with Crippen molar-refractivity contribution in [1.82, 2.24) is 5.32 Å². The maximum atomic E-state index is 14.2. The van der Waals surface area contributed by atoms with Crippen LogP contribution < -0.4 is 5.32 Å². The highest BCUT2D eigenvalue weighted by molar-refractivity contribution is 5.91. The Hall–Kier alpha value is -3.03. The van der Waals surface area contributed by atoms with Gasteiger partial charge in [-0.05, 0) is 56.9 Å². The van der Waals surface area contributed by atoms with E-state index in [0.29, 0.717) is 12.8 Å². The van der Waals surface area contributed by atoms with Crippen LogP contribution in [0.15, 0.2) is 65.8 Å². The standard InChI is InChI=1S/C30H37NO6/c1-17-10-9-13-22-26(33)19(3)18(2)25-23(16-21-11-7-6-8-12-21)31-28(35)30(22,25)24(37-20(4)32)14-15-29(5,36)27(17)34/h6-9,11-15,17,22-26,33,36H,10,16H2,1-5H3,(H,31,35)/b13-9+,15-14+/t17-,22+,23+,24+,25?,26-,29-,30-/m1/s1. The van der Waals surface area contributed by atoms with Gasteiger partial charge in [-0.1, -0.05) is 55.0 Å². The molecule has 1 amide bonds. The van der Waals surface area contributed by atoms with Gasteiger partial charge < -0.3 is 20.3 Å². The molecule has 8 atom stereocenters. The minimum Gasteiger partial charge on any atom is -0.457 e. The first-order valence-corrected chi connectivity index (χ1v) is 12.9. The number of benzene rings is 1. The molecule has 1 spiro atoms. The Morgan fingerprint density at radius 1 is 1.14 bits per heavy atom. The molecular weight excluding hydrogens is 470 g/mol. The number of ketones is 1. The molecule has 1 aliphatic heterocycles. The van der Waals surface area contributed by atoms with E-state index in [9.17, 15) is 24.6 Å². The highest BCUT2D eigenvalue weighted by atomic mass is 16.5. The smallest absolute Gasteiger partial charge is 0.303 e. The van der Waals surface area contributed by atoms with Crippen LogP contribution in [0.4, 0.5) is 0 Å². The molecule has 4 rings (SSSR count). The lowest BCUT2D eigenvalue weighted by Gasteiger charge is -2.49. The minimum atomic E-state index is -1.82. The summed E-state index contributed by atoms with van der Waals surface area (Å²) in [6.45, 7) is 8.20. The fourth-order valence-corrected chi connectivity index (χ4v) is 6.54. The van der Waals surface area contributed by atoms with Crippen molar-refractivity contribution in [3.8, 4) is 0 Å². The molecule has 0 bridgehead atoms. The van der Waals surface area contributed by atoms with Crippen LogP contribution in [0, 0.1) is 23.2 Å². The van der Waals surface area contributed by atoms with Crippen molar-refractivity contribution in [2.24, 2.45) is 23.2 Å². The number of Topliss-reactive ketones (excluding diaryl/α,β-unsaturated/α-hetero) is 1. The number of hydrogen-bond acceptors (Lipinski definition) is 6. The van der Waals surface area contributed by atoms with E-state index in [2.05, 4.69) is 5.32 Å². The first kappa shape index (κ1) is 27.0. The third kappa shape index (κ3) is 4.59. The van der Waals surface area contributed by atoms with Crippen LogP contribution >= 0.6 is 0 Å². The molecule has 1 unspecified atom stereocenters. The molecule has 1 saturated heterocycles. The number of aliphatic hydroxyl groups excluding tert-OH is 1. The second-order valence-electron chi connectivity index (χ2n) is 11.0. The molecule has 37 heavy (non-hydrogen) atoms. The number of nitrogens with one attached hydrogen (secondary N) is 1. The first-order chi connectivity index (χ1) is 17.4. The minimum absolute atomic E-state index is 0.314. The molecule has 7 heteroatoms. The molecule has 3 N–H and O–H groups in total. The zero-order valence-corrected chi connectivity index (χ0v) is 22.1. The van der Waals surface area contributed by atoms with Gasteiger partial charge in [0, 0.05) is 30.7 Å². The van der Waals surface area contributed by atoms with Gasteiger partial charge in [0.15, 0.2) is 5.78 Å². The predicted octanol–water partition coefficient (Wildman–Crippen LogP) is 3.06. The lowest BCUT2D eigenvalue weighted by atomic mass is 9.54. The molecule has 3 aliphatic rings. The number of allylic oxidation sites excluding steroid dienone is 1. The number of carbonyl (C=O) groups excluding carboxylic acids is 3. The van der Waals surface area contributed by atoms with Crippen LogP contribution in [0.2, 0.25) is 0 Å². The van der Waals surface area contributed by atoms with Crippen molar-refractivity contribution in [2.45, 2.75) is 71.3 Å². The Balaban J connectivity index is 1.96. The lowest BCUT2D eigenvalue weighted by molar-refractivity contribution is -0.161. The molecule has 7 nitrogen and oxygen atoms in total. The van der Waals surface area contributed by atoms with Crippen LogP contribution in [0.3, 0.4) is 0 Å². The Labute approximate surface area is 218 Å². The Morgan fingerprint density at radius 3 is 2.46 bits per heavy atom. The van der Waals surface area contributed by atoms with Gasteiger partial charge in [-0.15, -0.1) is 0 Å². The number of rotatable bonds is 3. The lowest BCUT2D eigenvalue weighted by Crippen LogP contribution is -2.58. The largest absolute Gasteiger partial charge is 0.457 e. The van der Waals surface area contributed by atoms with Crippen molar-refractivity contribution in [3.63, 3.8) is 0 Å². The van der Waals surface area contributed by atoms with E-state index in [4.69, 9.17) is 4.74 Å². The van der Waals surface area contributed by atoms with Crippen LogP contribution in [-0.2, 0) is 25.5 Å². The zero-order valence-electron chi connectivity index (χ0n) is 22.1. The first-order valence-electron chi connectivity index (χ1n) is 12.9. The molecule has 0 aromatic heterocycles. The van der Waals surface area contributed by atoms with Crippen molar-refractivity contribution in [1.29, 1.82) is 0 Å². The molecule has 0 saturated carbocycles. The Kier molecular flexibility index (Phi) is 7.32. The summed E-state index contributed by atoms with van der Waals surface area (Å²) in [6, 6.07) is 9.52. The molecule has 1 aromatic carbocycles. The van der Waals surface area contributed by atoms with Gasteiger partial charge in [0.25, 0.3) is 0 Å².